The average molecular weight is 989 g/mol. The van der Waals surface area contributed by atoms with E-state index in [0.29, 0.717) is 0 Å². The highest BCUT2D eigenvalue weighted by atomic mass is 14.3. The van der Waals surface area contributed by atoms with E-state index in [4.69, 9.17) is 0 Å². The van der Waals surface area contributed by atoms with Gasteiger partial charge in [-0.15, -0.1) is 0 Å². The van der Waals surface area contributed by atoms with E-state index < -0.39 is 0 Å². The van der Waals surface area contributed by atoms with Gasteiger partial charge in [0.05, 0.1) is 0 Å². The second-order valence-electron chi connectivity index (χ2n) is 21.6. The molecule has 14 aromatic carbocycles. The third-order valence-corrected chi connectivity index (χ3v) is 17.4. The monoisotopic (exact) mass is 988 g/mol. The molecule has 14 aromatic rings. The standard InChI is InChI=1S/C78H52/c1-2-20-52(21-3-1)75-65-31-15-12-26-60(65)58-24-8-10-28-62(58)68(75)41-34-49-35-42-69-72(44-49)76(56-38-36-50-18-4-6-22-53(50)45-56)70-43-40-55(47-73(70)77(69)57-39-37-51-19-5-7-23-54(51)46-57)71-48-74-63-29-11-9-25-59(63)61-27-13-16-32-66(61)78(74)67-33-17-14-30-64(67)71/h1-20,22-33,35-39,41-48,55H,21,34,40H2/b68-41-,75-52-. The molecule has 0 fully saturated rings. The van der Waals surface area contributed by atoms with Crippen molar-refractivity contribution in [2.45, 2.75) is 25.2 Å². The summed E-state index contributed by atoms with van der Waals surface area (Å²) in [5.41, 5.74) is 9.12. The number of hydrogen-bond acceptors (Lipinski definition) is 0. The van der Waals surface area contributed by atoms with E-state index in [2.05, 4.69) is 273 Å². The molecule has 0 spiro atoms. The van der Waals surface area contributed by atoms with Crippen LogP contribution < -0.4 is 20.9 Å². The lowest BCUT2D eigenvalue weighted by atomic mass is 9.80. The van der Waals surface area contributed by atoms with Gasteiger partial charge in [0, 0.05) is 5.92 Å². The number of hydrogen-bond donors (Lipinski definition) is 0. The molecule has 1 atom stereocenters. The Bertz CT molecular complexity index is 5240. The van der Waals surface area contributed by atoms with Gasteiger partial charge in [-0.1, -0.05) is 255 Å². The first-order valence-electron chi connectivity index (χ1n) is 27.7. The second-order valence-corrected chi connectivity index (χ2v) is 21.6. The minimum atomic E-state index is 0.130. The van der Waals surface area contributed by atoms with Crippen molar-refractivity contribution in [3.05, 3.63) is 287 Å². The molecule has 0 heteroatoms. The van der Waals surface area contributed by atoms with Crippen LogP contribution in [-0.4, -0.2) is 0 Å². The maximum Gasteiger partial charge on any atom is 0.00686 e. The molecule has 0 aromatic heterocycles. The SMILES string of the molecule is C1=CC/C(=c2\c(=C/Cc3ccc4c(-c5ccc6ccccc6c5)c5c(c(-c6ccc7ccccc7c6)c4c3)=CCC(c3cc4c6ccccc6c6ccccc6c4c4ccccc34)C=5)c3ccccc3c3ccccc23)C=C1. The maximum absolute atomic E-state index is 2.65. The highest BCUT2D eigenvalue weighted by molar-refractivity contribution is 6.32. The topological polar surface area (TPSA) is 0 Å². The highest BCUT2D eigenvalue weighted by Crippen LogP contribution is 2.44. The largest absolute Gasteiger partial charge is 0.0801 e. The molecule has 0 bridgehead atoms. The number of allylic oxidation sites excluding steroid dienone is 4. The van der Waals surface area contributed by atoms with Crippen LogP contribution in [-0.2, 0) is 6.42 Å². The number of rotatable bonds is 5. The zero-order chi connectivity index (χ0) is 51.3. The third-order valence-electron chi connectivity index (χ3n) is 17.4. The van der Waals surface area contributed by atoms with Gasteiger partial charge in [0.1, 0.15) is 0 Å². The van der Waals surface area contributed by atoms with E-state index in [0.717, 1.165) is 19.3 Å². The van der Waals surface area contributed by atoms with E-state index in [1.807, 2.05) is 0 Å². The highest BCUT2D eigenvalue weighted by Gasteiger charge is 2.24. The van der Waals surface area contributed by atoms with Crippen molar-refractivity contribution in [3.8, 4) is 22.3 Å². The van der Waals surface area contributed by atoms with E-state index >= 15 is 0 Å². The summed E-state index contributed by atoms with van der Waals surface area (Å²) in [4.78, 5) is 0. The normalized spacial score (nSPS) is 15.3. The summed E-state index contributed by atoms with van der Waals surface area (Å²) in [5, 5.41) is 28.6. The second kappa shape index (κ2) is 18.0. The van der Waals surface area contributed by atoms with E-state index in [1.165, 1.54) is 157 Å². The lowest BCUT2D eigenvalue weighted by molar-refractivity contribution is 0.934. The third kappa shape index (κ3) is 7.07. The van der Waals surface area contributed by atoms with Gasteiger partial charge in [-0.3, -0.25) is 0 Å². The summed E-state index contributed by atoms with van der Waals surface area (Å²) in [7, 11) is 0. The van der Waals surface area contributed by atoms with Gasteiger partial charge < -0.3 is 0 Å². The van der Waals surface area contributed by atoms with Crippen LogP contribution in [0.25, 0.3) is 143 Å². The smallest absolute Gasteiger partial charge is 0.00686 e. The Morgan fingerprint density at radius 3 is 1.56 bits per heavy atom. The summed E-state index contributed by atoms with van der Waals surface area (Å²) in [5.74, 6) is 0.130. The summed E-state index contributed by atoms with van der Waals surface area (Å²) < 4.78 is 0. The molecular weight excluding hydrogens is 937 g/mol. The Balaban J connectivity index is 0.985. The molecule has 0 radical (unpaired) electrons. The number of benzene rings is 14. The molecule has 0 N–H and O–H groups in total. The summed E-state index contributed by atoms with van der Waals surface area (Å²) in [6.45, 7) is 0. The minimum absolute atomic E-state index is 0.130. The Kier molecular flexibility index (Phi) is 10.3. The van der Waals surface area contributed by atoms with Crippen molar-refractivity contribution in [3.63, 3.8) is 0 Å². The average Bonchev–Trinajstić information content (AvgIpc) is 3.59. The van der Waals surface area contributed by atoms with E-state index in [1.54, 1.807) is 0 Å². The Morgan fingerprint density at radius 1 is 0.385 bits per heavy atom. The molecule has 0 nitrogen and oxygen atoms in total. The van der Waals surface area contributed by atoms with Crippen LogP contribution in [0.3, 0.4) is 0 Å². The molecule has 2 aliphatic rings. The van der Waals surface area contributed by atoms with Crippen LogP contribution in [0, 0.1) is 0 Å². The van der Waals surface area contributed by atoms with Crippen molar-refractivity contribution in [1.29, 1.82) is 0 Å². The van der Waals surface area contributed by atoms with Crippen LogP contribution in [0.1, 0.15) is 29.9 Å². The summed E-state index contributed by atoms with van der Waals surface area (Å²) in [6, 6.07) is 87.0. The van der Waals surface area contributed by atoms with Gasteiger partial charge >= 0.3 is 0 Å². The fraction of sp³-hybridized carbons (Fsp3) is 0.0513. The Morgan fingerprint density at radius 2 is 0.910 bits per heavy atom. The fourth-order valence-corrected chi connectivity index (χ4v) is 13.9. The molecule has 364 valence electrons. The van der Waals surface area contributed by atoms with Crippen molar-refractivity contribution in [2.75, 3.05) is 0 Å². The minimum Gasteiger partial charge on any atom is -0.0801 e. The molecule has 2 aliphatic carbocycles. The molecular formula is C78H52. The molecule has 0 saturated heterocycles. The summed E-state index contributed by atoms with van der Waals surface area (Å²) >= 11 is 0. The quantitative estimate of drug-likeness (QED) is 0.151. The van der Waals surface area contributed by atoms with Gasteiger partial charge in [-0.05, 0) is 194 Å². The first kappa shape index (κ1) is 44.7. The van der Waals surface area contributed by atoms with Gasteiger partial charge in [0.15, 0.2) is 0 Å². The number of fused-ring (bicyclic) bond motifs is 15. The summed E-state index contributed by atoms with van der Waals surface area (Å²) in [6.07, 6.45) is 19.3. The molecule has 0 aliphatic heterocycles. The zero-order valence-electron chi connectivity index (χ0n) is 43.2. The fourth-order valence-electron chi connectivity index (χ4n) is 13.9. The van der Waals surface area contributed by atoms with E-state index in [-0.39, 0.29) is 5.92 Å². The Hall–Kier alpha value is -9.62. The lowest BCUT2D eigenvalue weighted by Crippen LogP contribution is -2.33. The van der Waals surface area contributed by atoms with Crippen LogP contribution in [0.2, 0.25) is 0 Å². The van der Waals surface area contributed by atoms with Crippen molar-refractivity contribution >= 4 is 121 Å². The molecule has 78 heavy (non-hydrogen) atoms. The van der Waals surface area contributed by atoms with E-state index in [9.17, 15) is 0 Å². The lowest BCUT2D eigenvalue weighted by Gasteiger charge is -2.24. The van der Waals surface area contributed by atoms with Gasteiger partial charge in [-0.25, -0.2) is 0 Å². The predicted molar refractivity (Wildman–Crippen MR) is 337 cm³/mol. The van der Waals surface area contributed by atoms with Gasteiger partial charge in [0.25, 0.3) is 0 Å². The Labute approximate surface area is 452 Å². The molecule has 0 heterocycles. The van der Waals surface area contributed by atoms with Crippen LogP contribution in [0.5, 0.6) is 0 Å². The zero-order valence-corrected chi connectivity index (χ0v) is 43.2. The van der Waals surface area contributed by atoms with Crippen molar-refractivity contribution in [1.82, 2.24) is 0 Å². The van der Waals surface area contributed by atoms with Crippen LogP contribution in [0.4, 0.5) is 0 Å². The first-order valence-corrected chi connectivity index (χ1v) is 27.7. The molecule has 16 rings (SSSR count). The van der Waals surface area contributed by atoms with Crippen molar-refractivity contribution in [2.24, 2.45) is 0 Å². The van der Waals surface area contributed by atoms with Crippen LogP contribution >= 0.6 is 0 Å². The predicted octanol–water partition coefficient (Wildman–Crippen LogP) is 17.8. The van der Waals surface area contributed by atoms with Crippen molar-refractivity contribution < 1.29 is 0 Å². The van der Waals surface area contributed by atoms with Crippen LogP contribution in [0.15, 0.2) is 255 Å². The van der Waals surface area contributed by atoms with Gasteiger partial charge in [0.2, 0.25) is 0 Å². The van der Waals surface area contributed by atoms with Gasteiger partial charge in [-0.2, -0.15) is 0 Å². The maximum atomic E-state index is 2.65. The molecule has 0 amide bonds. The molecule has 0 saturated carbocycles. The molecule has 1 unspecified atom stereocenters. The first-order chi connectivity index (χ1) is 38.7.